The first-order valence-electron chi connectivity index (χ1n) is 9.60. The fraction of sp³-hybridized carbons (Fsp3) is 0.684. The molecule has 0 unspecified atom stereocenters. The molecule has 0 radical (unpaired) electrons. The van der Waals surface area contributed by atoms with Crippen molar-refractivity contribution in [1.82, 2.24) is 19.8 Å². The van der Waals surface area contributed by atoms with E-state index in [1.165, 1.54) is 0 Å². The van der Waals surface area contributed by atoms with E-state index in [9.17, 15) is 9.59 Å². The van der Waals surface area contributed by atoms with E-state index in [2.05, 4.69) is 9.97 Å². The second-order valence-electron chi connectivity index (χ2n) is 6.51. The van der Waals surface area contributed by atoms with Crippen LogP contribution in [0.25, 0.3) is 0 Å². The molecule has 1 heterocycles. The van der Waals surface area contributed by atoms with Gasteiger partial charge in [-0.25, -0.2) is 4.98 Å². The zero-order chi connectivity index (χ0) is 20.6. The summed E-state index contributed by atoms with van der Waals surface area (Å²) in [6.45, 7) is 12.9. The van der Waals surface area contributed by atoms with Crippen molar-refractivity contribution in [2.24, 2.45) is 0 Å². The van der Waals surface area contributed by atoms with Gasteiger partial charge >= 0.3 is 0 Å². The third-order valence-electron chi connectivity index (χ3n) is 4.54. The molecule has 0 aliphatic heterocycles. The van der Waals surface area contributed by atoms with E-state index in [0.717, 1.165) is 5.69 Å². The van der Waals surface area contributed by atoms with Crippen LogP contribution >= 0.6 is 0 Å². The van der Waals surface area contributed by atoms with Gasteiger partial charge in [0.05, 0.1) is 13.1 Å². The molecule has 1 rings (SSSR count). The molecule has 0 bridgehead atoms. The van der Waals surface area contributed by atoms with Crippen molar-refractivity contribution in [2.75, 3.05) is 63.2 Å². The van der Waals surface area contributed by atoms with Crippen molar-refractivity contribution in [3.8, 4) is 0 Å². The van der Waals surface area contributed by atoms with Gasteiger partial charge in [0.15, 0.2) is 0 Å². The monoisotopic (exact) mass is 378 g/mol. The van der Waals surface area contributed by atoms with E-state index in [0.29, 0.717) is 37.9 Å². The molecule has 1 aromatic heterocycles. The fourth-order valence-electron chi connectivity index (χ4n) is 2.81. The van der Waals surface area contributed by atoms with Gasteiger partial charge in [-0.3, -0.25) is 9.59 Å². The summed E-state index contributed by atoms with van der Waals surface area (Å²) in [6.07, 6.45) is 0. The van der Waals surface area contributed by atoms with Crippen molar-refractivity contribution in [3.63, 3.8) is 0 Å². The van der Waals surface area contributed by atoms with Crippen LogP contribution < -0.4 is 9.80 Å². The normalized spacial score (nSPS) is 10.5. The summed E-state index contributed by atoms with van der Waals surface area (Å²) in [7, 11) is 3.65. The molecular formula is C19H34N6O2. The third kappa shape index (κ3) is 6.37. The molecule has 1 aromatic rings. The van der Waals surface area contributed by atoms with E-state index in [1.54, 1.807) is 21.7 Å². The molecule has 0 saturated carbocycles. The molecule has 0 aromatic carbocycles. The van der Waals surface area contributed by atoms with Gasteiger partial charge in [-0.15, -0.1) is 0 Å². The molecule has 0 aliphatic carbocycles. The molecule has 0 atom stereocenters. The first-order chi connectivity index (χ1) is 12.8. The maximum Gasteiger partial charge on any atom is 0.242 e. The summed E-state index contributed by atoms with van der Waals surface area (Å²) < 4.78 is 0. The second kappa shape index (κ2) is 10.7. The molecule has 0 saturated heterocycles. The van der Waals surface area contributed by atoms with Crippen molar-refractivity contribution in [2.45, 2.75) is 34.6 Å². The van der Waals surface area contributed by atoms with Crippen molar-refractivity contribution < 1.29 is 9.59 Å². The van der Waals surface area contributed by atoms with Gasteiger partial charge in [-0.1, -0.05) is 0 Å². The second-order valence-corrected chi connectivity index (χ2v) is 6.51. The van der Waals surface area contributed by atoms with Crippen molar-refractivity contribution in [1.29, 1.82) is 0 Å². The molecule has 2 amide bonds. The number of likely N-dealkylation sites (N-methyl/N-ethyl adjacent to an activating group) is 4. The van der Waals surface area contributed by atoms with Crippen molar-refractivity contribution in [3.05, 3.63) is 11.8 Å². The van der Waals surface area contributed by atoms with E-state index in [1.807, 2.05) is 52.6 Å². The third-order valence-corrected chi connectivity index (χ3v) is 4.54. The Morgan fingerprint density at radius 2 is 1.26 bits per heavy atom. The molecule has 8 nitrogen and oxygen atoms in total. The number of amides is 2. The number of rotatable bonds is 10. The number of carbonyl (C=O) groups is 2. The van der Waals surface area contributed by atoms with Crippen LogP contribution in [0.15, 0.2) is 6.07 Å². The van der Waals surface area contributed by atoms with Gasteiger partial charge in [0.2, 0.25) is 17.8 Å². The summed E-state index contributed by atoms with van der Waals surface area (Å²) in [5.74, 6) is 1.25. The smallest absolute Gasteiger partial charge is 0.242 e. The van der Waals surface area contributed by atoms with Crippen LogP contribution in [-0.4, -0.2) is 84.9 Å². The minimum absolute atomic E-state index is 0.0409. The highest BCUT2D eigenvalue weighted by atomic mass is 16.2. The lowest BCUT2D eigenvalue weighted by atomic mass is 10.3. The molecule has 8 heteroatoms. The number of carbonyl (C=O) groups excluding carboxylic acids is 2. The summed E-state index contributed by atoms with van der Waals surface area (Å²) in [6, 6.07) is 1.85. The van der Waals surface area contributed by atoms with E-state index < -0.39 is 0 Å². The van der Waals surface area contributed by atoms with Crippen molar-refractivity contribution >= 4 is 23.6 Å². The van der Waals surface area contributed by atoms with E-state index in [4.69, 9.17) is 0 Å². The van der Waals surface area contributed by atoms with Gasteiger partial charge in [0.25, 0.3) is 0 Å². The van der Waals surface area contributed by atoms with E-state index >= 15 is 0 Å². The van der Waals surface area contributed by atoms with Gasteiger partial charge in [-0.05, 0) is 34.6 Å². The van der Waals surface area contributed by atoms with Crippen LogP contribution in [0.5, 0.6) is 0 Å². The highest BCUT2D eigenvalue weighted by molar-refractivity contribution is 5.81. The summed E-state index contributed by atoms with van der Waals surface area (Å²) in [5.41, 5.74) is 0.791. The minimum atomic E-state index is 0.0409. The first kappa shape index (κ1) is 22.7. The zero-order valence-electron chi connectivity index (χ0n) is 17.8. The van der Waals surface area contributed by atoms with E-state index in [-0.39, 0.29) is 24.9 Å². The van der Waals surface area contributed by atoms with Gasteiger partial charge in [0, 0.05) is 52.0 Å². The Morgan fingerprint density at radius 1 is 0.815 bits per heavy atom. The Bertz CT molecular complexity index is 578. The van der Waals surface area contributed by atoms with Crippen LogP contribution in [0.2, 0.25) is 0 Å². The number of nitrogens with zero attached hydrogens (tertiary/aromatic N) is 6. The molecule has 152 valence electrons. The Labute approximate surface area is 163 Å². The summed E-state index contributed by atoms with van der Waals surface area (Å²) in [5, 5.41) is 0. The Kier molecular flexibility index (Phi) is 8.97. The SMILES string of the molecule is CCN(CC)C(=O)CN(C)c1cc(C)nc(N(C)CC(=O)N(CC)CC)n1. The van der Waals surface area contributed by atoms with Crippen LogP contribution in [-0.2, 0) is 9.59 Å². The predicted octanol–water partition coefficient (Wildman–Crippen LogP) is 1.39. The maximum atomic E-state index is 12.4. The first-order valence-corrected chi connectivity index (χ1v) is 9.60. The lowest BCUT2D eigenvalue weighted by Gasteiger charge is -2.26. The molecule has 0 fully saturated rings. The average Bonchev–Trinajstić information content (AvgIpc) is 2.63. The lowest BCUT2D eigenvalue weighted by Crippen LogP contribution is -2.40. The van der Waals surface area contributed by atoms with Gasteiger partial charge in [-0.2, -0.15) is 4.98 Å². The average molecular weight is 379 g/mol. The quantitative estimate of drug-likeness (QED) is 0.613. The Balaban J connectivity index is 2.92. The highest BCUT2D eigenvalue weighted by Gasteiger charge is 2.18. The minimum Gasteiger partial charge on any atom is -0.350 e. The lowest BCUT2D eigenvalue weighted by molar-refractivity contribution is -0.130. The summed E-state index contributed by atoms with van der Waals surface area (Å²) >= 11 is 0. The van der Waals surface area contributed by atoms with Gasteiger partial charge < -0.3 is 19.6 Å². The van der Waals surface area contributed by atoms with Crippen LogP contribution in [0.3, 0.4) is 0 Å². The number of hydrogen-bond donors (Lipinski definition) is 0. The number of anilines is 2. The summed E-state index contributed by atoms with van der Waals surface area (Å²) in [4.78, 5) is 40.9. The van der Waals surface area contributed by atoms with Crippen LogP contribution in [0.1, 0.15) is 33.4 Å². The number of aryl methyl sites for hydroxylation is 1. The fourth-order valence-corrected chi connectivity index (χ4v) is 2.81. The maximum absolute atomic E-state index is 12.4. The van der Waals surface area contributed by atoms with Crippen LogP contribution in [0.4, 0.5) is 11.8 Å². The Morgan fingerprint density at radius 3 is 1.70 bits per heavy atom. The largest absolute Gasteiger partial charge is 0.350 e. The molecule has 27 heavy (non-hydrogen) atoms. The predicted molar refractivity (Wildman–Crippen MR) is 109 cm³/mol. The molecule has 0 N–H and O–H groups in total. The Hall–Kier alpha value is -2.38. The molecular weight excluding hydrogens is 344 g/mol. The number of hydrogen-bond acceptors (Lipinski definition) is 6. The number of aromatic nitrogens is 2. The molecule has 0 aliphatic rings. The molecule has 0 spiro atoms. The highest BCUT2D eigenvalue weighted by Crippen LogP contribution is 2.16. The standard InChI is InChI=1S/C19H34N6O2/c1-8-24(9-2)17(26)13-22(6)16-12-15(5)20-19(21-16)23(7)14-18(27)25(10-3)11-4/h12H,8-11,13-14H2,1-7H3. The topological polar surface area (TPSA) is 72.9 Å². The van der Waals surface area contributed by atoms with Gasteiger partial charge in [0.1, 0.15) is 5.82 Å². The van der Waals surface area contributed by atoms with Crippen LogP contribution in [0, 0.1) is 6.92 Å². The zero-order valence-corrected chi connectivity index (χ0v) is 17.8.